The standard InChI is InChI=1S/C10H13N3O/c1-2-13-6-9(14)12-8-5-3-4-7(11)10(8)13/h3-5H,2,6,11H2,1H3,(H,12,14). The van der Waals surface area contributed by atoms with E-state index in [0.717, 1.165) is 17.9 Å². The van der Waals surface area contributed by atoms with E-state index in [9.17, 15) is 4.79 Å². The van der Waals surface area contributed by atoms with E-state index in [-0.39, 0.29) is 5.91 Å². The van der Waals surface area contributed by atoms with Crippen LogP contribution in [0.2, 0.25) is 0 Å². The number of rotatable bonds is 1. The lowest BCUT2D eigenvalue weighted by molar-refractivity contribution is -0.115. The van der Waals surface area contributed by atoms with Crippen LogP contribution in [0.15, 0.2) is 18.2 Å². The molecule has 4 heteroatoms. The molecule has 1 aromatic carbocycles. The molecule has 0 radical (unpaired) electrons. The second-order valence-electron chi connectivity index (χ2n) is 3.31. The minimum absolute atomic E-state index is 0.0185. The van der Waals surface area contributed by atoms with Gasteiger partial charge in [0.2, 0.25) is 5.91 Å². The van der Waals surface area contributed by atoms with Gasteiger partial charge in [-0.15, -0.1) is 0 Å². The number of likely N-dealkylation sites (N-methyl/N-ethyl adjacent to an activating group) is 1. The summed E-state index contributed by atoms with van der Waals surface area (Å²) in [5.74, 6) is 0.0185. The Hall–Kier alpha value is -1.71. The van der Waals surface area contributed by atoms with Gasteiger partial charge in [0.1, 0.15) is 0 Å². The summed E-state index contributed by atoms with van der Waals surface area (Å²) in [7, 11) is 0. The molecule has 0 unspecified atom stereocenters. The van der Waals surface area contributed by atoms with Gasteiger partial charge in [0, 0.05) is 6.54 Å². The maximum Gasteiger partial charge on any atom is 0.243 e. The highest BCUT2D eigenvalue weighted by Crippen LogP contribution is 2.34. The molecule has 0 bridgehead atoms. The van der Waals surface area contributed by atoms with Crippen LogP contribution in [0.3, 0.4) is 0 Å². The molecule has 1 aliphatic heterocycles. The van der Waals surface area contributed by atoms with Crippen LogP contribution >= 0.6 is 0 Å². The molecule has 2 rings (SSSR count). The zero-order valence-corrected chi connectivity index (χ0v) is 8.08. The quantitative estimate of drug-likeness (QED) is 0.652. The van der Waals surface area contributed by atoms with Crippen LogP contribution in [0.25, 0.3) is 0 Å². The first-order chi connectivity index (χ1) is 6.72. The Morgan fingerprint density at radius 1 is 1.57 bits per heavy atom. The number of hydrogen-bond donors (Lipinski definition) is 2. The Morgan fingerprint density at radius 3 is 3.07 bits per heavy atom. The van der Waals surface area contributed by atoms with Gasteiger partial charge < -0.3 is 16.0 Å². The van der Waals surface area contributed by atoms with Gasteiger partial charge in [-0.2, -0.15) is 0 Å². The summed E-state index contributed by atoms with van der Waals surface area (Å²) in [5.41, 5.74) is 8.32. The Balaban J connectivity index is 2.51. The van der Waals surface area contributed by atoms with E-state index in [1.807, 2.05) is 30.0 Å². The summed E-state index contributed by atoms with van der Waals surface area (Å²) in [6, 6.07) is 5.55. The Labute approximate surface area is 82.7 Å². The Morgan fingerprint density at radius 2 is 2.36 bits per heavy atom. The van der Waals surface area contributed by atoms with Gasteiger partial charge in [0.25, 0.3) is 0 Å². The maximum absolute atomic E-state index is 11.3. The Bertz CT molecular complexity index is 376. The number of nitrogens with one attached hydrogen (secondary N) is 1. The average molecular weight is 191 g/mol. The van der Waals surface area contributed by atoms with Crippen molar-refractivity contribution in [2.45, 2.75) is 6.92 Å². The molecule has 1 aromatic rings. The van der Waals surface area contributed by atoms with E-state index in [2.05, 4.69) is 5.32 Å². The molecular formula is C10H13N3O. The summed E-state index contributed by atoms with van der Waals surface area (Å²) >= 11 is 0. The average Bonchev–Trinajstić information content (AvgIpc) is 2.16. The minimum Gasteiger partial charge on any atom is -0.397 e. The van der Waals surface area contributed by atoms with Crippen LogP contribution in [-0.2, 0) is 4.79 Å². The zero-order chi connectivity index (χ0) is 10.1. The molecule has 4 nitrogen and oxygen atoms in total. The fraction of sp³-hybridized carbons (Fsp3) is 0.300. The lowest BCUT2D eigenvalue weighted by Gasteiger charge is -2.30. The number of para-hydroxylation sites is 1. The highest BCUT2D eigenvalue weighted by Gasteiger charge is 2.22. The number of nitrogen functional groups attached to an aromatic ring is 1. The number of nitrogens with two attached hydrogens (primary N) is 1. The van der Waals surface area contributed by atoms with Crippen LogP contribution < -0.4 is 16.0 Å². The monoisotopic (exact) mass is 191 g/mol. The van der Waals surface area contributed by atoms with Crippen LogP contribution in [0.4, 0.5) is 17.1 Å². The molecular weight excluding hydrogens is 178 g/mol. The number of carbonyl (C=O) groups is 1. The van der Waals surface area contributed by atoms with Gasteiger partial charge >= 0.3 is 0 Å². The van der Waals surface area contributed by atoms with E-state index in [1.54, 1.807) is 0 Å². The topological polar surface area (TPSA) is 58.4 Å². The summed E-state index contributed by atoms with van der Waals surface area (Å²) in [6.07, 6.45) is 0. The number of benzene rings is 1. The molecule has 0 saturated heterocycles. The summed E-state index contributed by atoms with van der Waals surface area (Å²) in [5, 5.41) is 2.80. The van der Waals surface area contributed by atoms with Gasteiger partial charge in [-0.05, 0) is 19.1 Å². The first kappa shape index (κ1) is 8.87. The summed E-state index contributed by atoms with van der Waals surface area (Å²) < 4.78 is 0. The van der Waals surface area contributed by atoms with Crippen molar-refractivity contribution in [2.75, 3.05) is 29.0 Å². The smallest absolute Gasteiger partial charge is 0.243 e. The predicted octanol–water partition coefficient (Wildman–Crippen LogP) is 1.05. The fourth-order valence-corrected chi connectivity index (χ4v) is 1.73. The predicted molar refractivity (Wildman–Crippen MR) is 57.4 cm³/mol. The second kappa shape index (κ2) is 3.21. The number of fused-ring (bicyclic) bond motifs is 1. The van der Waals surface area contributed by atoms with Crippen LogP contribution in [-0.4, -0.2) is 19.0 Å². The van der Waals surface area contributed by atoms with Crippen molar-refractivity contribution in [3.8, 4) is 0 Å². The van der Waals surface area contributed by atoms with Crippen molar-refractivity contribution >= 4 is 23.0 Å². The van der Waals surface area contributed by atoms with Gasteiger partial charge in [-0.3, -0.25) is 4.79 Å². The molecule has 0 fully saturated rings. The first-order valence-electron chi connectivity index (χ1n) is 4.65. The third kappa shape index (κ3) is 1.28. The summed E-state index contributed by atoms with van der Waals surface area (Å²) in [4.78, 5) is 13.3. The first-order valence-corrected chi connectivity index (χ1v) is 4.65. The van der Waals surface area contributed by atoms with Crippen LogP contribution in [0.5, 0.6) is 0 Å². The largest absolute Gasteiger partial charge is 0.397 e. The van der Waals surface area contributed by atoms with E-state index in [4.69, 9.17) is 5.73 Å². The molecule has 0 aliphatic carbocycles. The van der Waals surface area contributed by atoms with E-state index in [0.29, 0.717) is 12.2 Å². The molecule has 0 atom stereocenters. The molecule has 1 amide bonds. The molecule has 0 saturated carbocycles. The van der Waals surface area contributed by atoms with Crippen molar-refractivity contribution in [3.05, 3.63) is 18.2 Å². The molecule has 1 heterocycles. The SMILES string of the molecule is CCN1CC(=O)Nc2cccc(N)c21. The molecule has 74 valence electrons. The van der Waals surface area contributed by atoms with Gasteiger partial charge in [-0.1, -0.05) is 6.07 Å². The number of carbonyl (C=O) groups excluding carboxylic acids is 1. The van der Waals surface area contributed by atoms with Crippen molar-refractivity contribution in [1.29, 1.82) is 0 Å². The lowest BCUT2D eigenvalue weighted by atomic mass is 10.1. The molecule has 3 N–H and O–H groups in total. The molecule has 14 heavy (non-hydrogen) atoms. The number of hydrogen-bond acceptors (Lipinski definition) is 3. The van der Waals surface area contributed by atoms with Crippen molar-refractivity contribution in [2.24, 2.45) is 0 Å². The van der Waals surface area contributed by atoms with Crippen molar-refractivity contribution < 1.29 is 4.79 Å². The molecule has 0 spiro atoms. The summed E-state index contributed by atoms with van der Waals surface area (Å²) in [6.45, 7) is 3.18. The number of nitrogens with zero attached hydrogens (tertiary/aromatic N) is 1. The number of amides is 1. The lowest BCUT2D eigenvalue weighted by Crippen LogP contribution is -2.38. The van der Waals surface area contributed by atoms with Crippen molar-refractivity contribution in [3.63, 3.8) is 0 Å². The highest BCUT2D eigenvalue weighted by atomic mass is 16.2. The third-order valence-corrected chi connectivity index (χ3v) is 2.37. The fourth-order valence-electron chi connectivity index (χ4n) is 1.73. The zero-order valence-electron chi connectivity index (χ0n) is 8.08. The van der Waals surface area contributed by atoms with Gasteiger partial charge in [0.15, 0.2) is 0 Å². The van der Waals surface area contributed by atoms with E-state index < -0.39 is 0 Å². The Kier molecular flexibility index (Phi) is 2.04. The number of anilines is 3. The van der Waals surface area contributed by atoms with E-state index >= 15 is 0 Å². The van der Waals surface area contributed by atoms with Crippen LogP contribution in [0, 0.1) is 0 Å². The highest BCUT2D eigenvalue weighted by molar-refractivity contribution is 6.03. The maximum atomic E-state index is 11.3. The van der Waals surface area contributed by atoms with E-state index in [1.165, 1.54) is 0 Å². The normalized spacial score (nSPS) is 14.9. The second-order valence-corrected chi connectivity index (χ2v) is 3.31. The van der Waals surface area contributed by atoms with Crippen LogP contribution in [0.1, 0.15) is 6.92 Å². The van der Waals surface area contributed by atoms with Crippen molar-refractivity contribution in [1.82, 2.24) is 0 Å². The molecule has 0 aromatic heterocycles. The van der Waals surface area contributed by atoms with Gasteiger partial charge in [-0.25, -0.2) is 0 Å². The third-order valence-electron chi connectivity index (χ3n) is 2.37. The van der Waals surface area contributed by atoms with Gasteiger partial charge in [0.05, 0.1) is 23.6 Å². The minimum atomic E-state index is 0.0185. The molecule has 1 aliphatic rings.